The number of ketones is 1. The Bertz CT molecular complexity index is 637. The van der Waals surface area contributed by atoms with Gasteiger partial charge >= 0.3 is 5.91 Å². The van der Waals surface area contributed by atoms with Gasteiger partial charge in [0, 0.05) is 6.07 Å². The van der Waals surface area contributed by atoms with Crippen molar-refractivity contribution in [3.05, 3.63) is 17.7 Å². The minimum absolute atomic E-state index is 0.422. The lowest BCUT2D eigenvalue weighted by atomic mass is 10.1. The number of rotatable bonds is 2. The van der Waals surface area contributed by atoms with Gasteiger partial charge in [0.15, 0.2) is 11.5 Å². The summed E-state index contributed by atoms with van der Waals surface area (Å²) < 4.78 is 11.1. The number of amides is 1. The highest BCUT2D eigenvalue weighted by Crippen LogP contribution is 2.40. The molecule has 116 valence electrons. The number of hydrogen-bond acceptors (Lipinski definition) is 5. The van der Waals surface area contributed by atoms with Gasteiger partial charge in [-0.05, 0) is 32.0 Å². The van der Waals surface area contributed by atoms with E-state index in [9.17, 15) is 9.59 Å². The molecule has 0 aromatic heterocycles. The molecule has 0 bridgehead atoms. The van der Waals surface area contributed by atoms with Crippen LogP contribution >= 0.6 is 0 Å². The van der Waals surface area contributed by atoms with E-state index < -0.39 is 11.7 Å². The molecule has 1 amide bonds. The molecule has 1 aromatic rings. The number of ether oxygens (including phenoxy) is 2. The second-order valence-corrected chi connectivity index (χ2v) is 5.90. The van der Waals surface area contributed by atoms with Gasteiger partial charge in [-0.15, -0.1) is 0 Å². The van der Waals surface area contributed by atoms with Crippen molar-refractivity contribution in [3.63, 3.8) is 0 Å². The van der Waals surface area contributed by atoms with Crippen LogP contribution in [-0.2, 0) is 4.79 Å². The molecule has 0 aliphatic carbocycles. The standard InChI is InChI=1S/C16H18N2O4/c19-15-11-8-13-14(22-7-6-21-13)9-12(11)18(16(15)20)10-17-4-2-1-3-5-17/h8-9H,1-7,10H2. The van der Waals surface area contributed by atoms with Gasteiger partial charge < -0.3 is 9.47 Å². The molecular weight excluding hydrogens is 284 g/mol. The van der Waals surface area contributed by atoms with Crippen LogP contribution in [0, 0.1) is 0 Å². The van der Waals surface area contributed by atoms with Gasteiger partial charge in [0.2, 0.25) is 0 Å². The maximum absolute atomic E-state index is 12.3. The molecule has 1 saturated heterocycles. The summed E-state index contributed by atoms with van der Waals surface area (Å²) in [5.41, 5.74) is 1.07. The quantitative estimate of drug-likeness (QED) is 0.774. The summed E-state index contributed by atoms with van der Waals surface area (Å²) in [5, 5.41) is 0. The summed E-state index contributed by atoms with van der Waals surface area (Å²) in [6.07, 6.45) is 3.52. The predicted octanol–water partition coefficient (Wildman–Crippen LogP) is 1.43. The summed E-state index contributed by atoms with van der Waals surface area (Å²) in [7, 11) is 0. The highest BCUT2D eigenvalue weighted by atomic mass is 16.6. The van der Waals surface area contributed by atoms with Crippen molar-refractivity contribution in [2.45, 2.75) is 19.3 Å². The number of anilines is 1. The number of carbonyl (C=O) groups is 2. The molecule has 0 spiro atoms. The first-order valence-electron chi connectivity index (χ1n) is 7.76. The zero-order chi connectivity index (χ0) is 15.1. The fourth-order valence-electron chi connectivity index (χ4n) is 3.27. The van der Waals surface area contributed by atoms with Gasteiger partial charge in [-0.3, -0.25) is 19.4 Å². The van der Waals surface area contributed by atoms with Crippen LogP contribution in [0.3, 0.4) is 0 Å². The number of hydrogen-bond donors (Lipinski definition) is 0. The third-order valence-electron chi connectivity index (χ3n) is 4.43. The minimum atomic E-state index is -0.456. The minimum Gasteiger partial charge on any atom is -0.486 e. The zero-order valence-electron chi connectivity index (χ0n) is 12.3. The first-order chi connectivity index (χ1) is 10.7. The lowest BCUT2D eigenvalue weighted by Crippen LogP contribution is -2.43. The van der Waals surface area contributed by atoms with Crippen LogP contribution in [0.25, 0.3) is 0 Å². The maximum atomic E-state index is 12.3. The lowest BCUT2D eigenvalue weighted by Gasteiger charge is -2.31. The maximum Gasteiger partial charge on any atom is 0.300 e. The number of fused-ring (bicyclic) bond motifs is 2. The van der Waals surface area contributed by atoms with Crippen molar-refractivity contribution >= 4 is 17.4 Å². The van der Waals surface area contributed by atoms with Gasteiger partial charge in [0.05, 0.1) is 17.9 Å². The van der Waals surface area contributed by atoms with Gasteiger partial charge in [0.1, 0.15) is 13.2 Å². The Hall–Kier alpha value is -2.08. The average Bonchev–Trinajstić information content (AvgIpc) is 2.79. The molecule has 6 heteroatoms. The molecule has 0 unspecified atom stereocenters. The van der Waals surface area contributed by atoms with E-state index >= 15 is 0 Å². The summed E-state index contributed by atoms with van der Waals surface area (Å²) in [6.45, 7) is 3.36. The summed E-state index contributed by atoms with van der Waals surface area (Å²) in [5.74, 6) is 0.244. The molecule has 1 fully saturated rings. The van der Waals surface area contributed by atoms with Gasteiger partial charge in [-0.25, -0.2) is 0 Å². The van der Waals surface area contributed by atoms with Crippen LogP contribution in [0.15, 0.2) is 12.1 Å². The lowest BCUT2D eigenvalue weighted by molar-refractivity contribution is -0.114. The van der Waals surface area contributed by atoms with Crippen molar-refractivity contribution in [1.82, 2.24) is 4.90 Å². The van der Waals surface area contributed by atoms with E-state index in [4.69, 9.17) is 9.47 Å². The fourth-order valence-corrected chi connectivity index (χ4v) is 3.27. The van der Waals surface area contributed by atoms with Crippen molar-refractivity contribution in [2.24, 2.45) is 0 Å². The number of nitrogens with zero attached hydrogens (tertiary/aromatic N) is 2. The third kappa shape index (κ3) is 2.14. The Kier molecular flexibility index (Phi) is 3.26. The Morgan fingerprint density at radius 1 is 0.955 bits per heavy atom. The highest BCUT2D eigenvalue weighted by Gasteiger charge is 2.38. The molecule has 3 heterocycles. The van der Waals surface area contributed by atoms with Crippen molar-refractivity contribution in [2.75, 3.05) is 37.9 Å². The van der Waals surface area contributed by atoms with Crippen LogP contribution in [0.5, 0.6) is 11.5 Å². The number of Topliss-reactive ketones (excluding diaryl/α,β-unsaturated/α-hetero) is 1. The highest BCUT2D eigenvalue weighted by molar-refractivity contribution is 6.52. The van der Waals surface area contributed by atoms with E-state index in [1.54, 1.807) is 17.0 Å². The Morgan fingerprint density at radius 2 is 1.64 bits per heavy atom. The van der Waals surface area contributed by atoms with Gasteiger partial charge in [-0.1, -0.05) is 6.42 Å². The molecular formula is C16H18N2O4. The molecule has 0 saturated carbocycles. The van der Waals surface area contributed by atoms with Crippen LogP contribution < -0.4 is 14.4 Å². The average molecular weight is 302 g/mol. The van der Waals surface area contributed by atoms with Gasteiger partial charge in [-0.2, -0.15) is 0 Å². The van der Waals surface area contributed by atoms with Crippen LogP contribution in [0.4, 0.5) is 5.69 Å². The summed E-state index contributed by atoms with van der Waals surface area (Å²) in [6, 6.07) is 3.40. The van der Waals surface area contributed by atoms with Crippen LogP contribution in [-0.4, -0.2) is 49.6 Å². The zero-order valence-corrected chi connectivity index (χ0v) is 12.3. The fraction of sp³-hybridized carbons (Fsp3) is 0.500. The monoisotopic (exact) mass is 302 g/mol. The molecule has 6 nitrogen and oxygen atoms in total. The molecule has 1 aromatic carbocycles. The smallest absolute Gasteiger partial charge is 0.300 e. The van der Waals surface area contributed by atoms with Crippen LogP contribution in [0.1, 0.15) is 29.6 Å². The second-order valence-electron chi connectivity index (χ2n) is 5.90. The molecule has 4 rings (SSSR count). The topological polar surface area (TPSA) is 59.1 Å². The first-order valence-corrected chi connectivity index (χ1v) is 7.76. The van der Waals surface area contributed by atoms with Crippen LogP contribution in [0.2, 0.25) is 0 Å². The largest absolute Gasteiger partial charge is 0.486 e. The number of carbonyl (C=O) groups excluding carboxylic acids is 2. The molecule has 3 aliphatic heterocycles. The third-order valence-corrected chi connectivity index (χ3v) is 4.43. The van der Waals surface area contributed by atoms with Crippen molar-refractivity contribution < 1.29 is 19.1 Å². The molecule has 0 N–H and O–H groups in total. The van der Waals surface area contributed by atoms with Crippen molar-refractivity contribution in [1.29, 1.82) is 0 Å². The van der Waals surface area contributed by atoms with E-state index in [1.165, 1.54) is 6.42 Å². The van der Waals surface area contributed by atoms with E-state index in [0.717, 1.165) is 25.9 Å². The van der Waals surface area contributed by atoms with E-state index in [-0.39, 0.29) is 0 Å². The van der Waals surface area contributed by atoms with E-state index in [2.05, 4.69) is 4.90 Å². The Balaban J connectivity index is 1.66. The molecule has 3 aliphatic rings. The summed E-state index contributed by atoms with van der Waals surface area (Å²) >= 11 is 0. The number of piperidine rings is 1. The van der Waals surface area contributed by atoms with Crippen molar-refractivity contribution in [3.8, 4) is 11.5 Å². The first kappa shape index (κ1) is 13.6. The SMILES string of the molecule is O=C1C(=O)N(CN2CCCCC2)c2cc3c(cc21)OCCO3. The Labute approximate surface area is 128 Å². The molecule has 0 radical (unpaired) electrons. The predicted molar refractivity (Wildman–Crippen MR) is 79.5 cm³/mol. The van der Waals surface area contributed by atoms with Gasteiger partial charge in [0.25, 0.3) is 5.78 Å². The normalized spacial score (nSPS) is 21.2. The Morgan fingerprint density at radius 3 is 2.36 bits per heavy atom. The summed E-state index contributed by atoms with van der Waals surface area (Å²) in [4.78, 5) is 28.3. The van der Waals surface area contributed by atoms with E-state index in [0.29, 0.717) is 42.6 Å². The van der Waals surface area contributed by atoms with E-state index in [1.807, 2.05) is 0 Å². The number of benzene rings is 1. The molecule has 0 atom stereocenters. The molecule has 22 heavy (non-hydrogen) atoms. The second kappa shape index (κ2) is 5.28. The number of likely N-dealkylation sites (tertiary alicyclic amines) is 1.